The fourth-order valence-electron chi connectivity index (χ4n) is 4.50. The minimum atomic E-state index is 0.0866. The van der Waals surface area contributed by atoms with Crippen molar-refractivity contribution < 1.29 is 4.79 Å². The highest BCUT2D eigenvalue weighted by atomic mass is 35.5. The van der Waals surface area contributed by atoms with Crippen molar-refractivity contribution in [2.45, 2.75) is 32.7 Å². The third kappa shape index (κ3) is 2.61. The maximum Gasteiger partial charge on any atom is 0.177 e. The number of rotatable bonds is 3. The molecule has 28 heavy (non-hydrogen) atoms. The number of halogens is 1. The van der Waals surface area contributed by atoms with E-state index in [2.05, 4.69) is 39.4 Å². The van der Waals surface area contributed by atoms with Crippen molar-refractivity contribution >= 4 is 23.0 Å². The maximum absolute atomic E-state index is 12.8. The summed E-state index contributed by atoms with van der Waals surface area (Å²) in [7, 11) is 0. The van der Waals surface area contributed by atoms with Crippen LogP contribution in [0.5, 0.6) is 0 Å². The van der Waals surface area contributed by atoms with Crippen molar-refractivity contribution in [3.63, 3.8) is 0 Å². The fourth-order valence-corrected chi connectivity index (χ4v) is 4.62. The molecule has 4 aromatic rings. The van der Waals surface area contributed by atoms with Gasteiger partial charge in [0, 0.05) is 35.8 Å². The van der Waals surface area contributed by atoms with Crippen LogP contribution < -0.4 is 0 Å². The Morgan fingerprint density at radius 3 is 2.43 bits per heavy atom. The largest absolute Gasteiger partial charge is 0.325 e. The van der Waals surface area contributed by atoms with Crippen LogP contribution >= 0.6 is 11.6 Å². The van der Waals surface area contributed by atoms with E-state index < -0.39 is 0 Å². The Balaban J connectivity index is 1.86. The minimum Gasteiger partial charge on any atom is -0.325 e. The summed E-state index contributed by atoms with van der Waals surface area (Å²) in [5, 5.41) is 0.707. The molecule has 0 fully saturated rings. The number of Topliss-reactive ketones (excluding diaryl/α,β-unsaturated/α-hetero) is 1. The smallest absolute Gasteiger partial charge is 0.177 e. The predicted molar refractivity (Wildman–Crippen MR) is 114 cm³/mol. The summed E-state index contributed by atoms with van der Waals surface area (Å²) in [6.07, 6.45) is 5.37. The highest BCUT2D eigenvalue weighted by Gasteiger charge is 2.27. The van der Waals surface area contributed by atoms with Crippen molar-refractivity contribution in [2.24, 2.45) is 0 Å². The molecule has 3 nitrogen and oxygen atoms in total. The number of ketones is 1. The third-order valence-electron chi connectivity index (χ3n) is 5.67. The van der Waals surface area contributed by atoms with Crippen molar-refractivity contribution in [2.75, 3.05) is 0 Å². The van der Waals surface area contributed by atoms with Crippen LogP contribution in [-0.4, -0.2) is 14.8 Å². The van der Waals surface area contributed by atoms with Gasteiger partial charge in [-0.15, -0.1) is 0 Å². The second kappa shape index (κ2) is 6.68. The highest BCUT2D eigenvalue weighted by Crippen LogP contribution is 2.39. The zero-order valence-corrected chi connectivity index (χ0v) is 16.5. The Bertz CT molecular complexity index is 1180. The van der Waals surface area contributed by atoms with Gasteiger partial charge in [0.25, 0.3) is 0 Å². The number of hydrogen-bond acceptors (Lipinski definition) is 1. The van der Waals surface area contributed by atoms with Crippen LogP contribution in [0, 0.1) is 0 Å². The van der Waals surface area contributed by atoms with E-state index in [0.29, 0.717) is 5.02 Å². The van der Waals surface area contributed by atoms with E-state index in [0.717, 1.165) is 48.3 Å². The van der Waals surface area contributed by atoms with Crippen LogP contribution in [0.25, 0.3) is 28.0 Å². The average Bonchev–Trinajstić information content (AvgIpc) is 3.12. The van der Waals surface area contributed by atoms with Crippen LogP contribution in [0.1, 0.15) is 35.8 Å². The highest BCUT2D eigenvalue weighted by molar-refractivity contribution is 6.30. The number of aryl methyl sites for hydroxylation is 2. The van der Waals surface area contributed by atoms with E-state index in [1.807, 2.05) is 30.3 Å². The van der Waals surface area contributed by atoms with Gasteiger partial charge in [-0.3, -0.25) is 9.20 Å². The molecule has 0 radical (unpaired) electrons. The summed E-state index contributed by atoms with van der Waals surface area (Å²) in [6.45, 7) is 2.63. The molecule has 0 aliphatic carbocycles. The fraction of sp³-hybridized carbons (Fsp3) is 0.208. The molecule has 1 aliphatic heterocycles. The van der Waals surface area contributed by atoms with Gasteiger partial charge >= 0.3 is 0 Å². The summed E-state index contributed by atoms with van der Waals surface area (Å²) in [6, 6.07) is 18.3. The molecule has 140 valence electrons. The van der Waals surface area contributed by atoms with Crippen LogP contribution in [0.15, 0.2) is 60.8 Å². The first-order chi connectivity index (χ1) is 13.6. The van der Waals surface area contributed by atoms with E-state index >= 15 is 0 Å². The monoisotopic (exact) mass is 388 g/mol. The van der Waals surface area contributed by atoms with Crippen LogP contribution in [-0.2, 0) is 13.0 Å². The van der Waals surface area contributed by atoms with Gasteiger partial charge in [0.15, 0.2) is 5.78 Å². The van der Waals surface area contributed by atoms with E-state index in [1.54, 1.807) is 6.92 Å². The number of benzene rings is 2. The number of nitrogens with zero attached hydrogens (tertiary/aromatic N) is 2. The first-order valence-corrected chi connectivity index (χ1v) is 10.1. The summed E-state index contributed by atoms with van der Waals surface area (Å²) in [5.74, 6) is 0.0866. The lowest BCUT2D eigenvalue weighted by atomic mass is 9.97. The van der Waals surface area contributed by atoms with E-state index in [9.17, 15) is 4.79 Å². The summed E-state index contributed by atoms with van der Waals surface area (Å²) < 4.78 is 4.51. The number of carbonyl (C=O) groups is 1. The standard InChI is InChI=1S/C24H21ClN2O/c1-16(28)23-22(18-10-12-19(25)13-11-18)20-9-5-6-14-26-21(15-27(23)24(20)26)17-7-3-2-4-8-17/h2-4,7-8,10-13,15H,5-6,9,14H2,1H3. The van der Waals surface area contributed by atoms with Crippen LogP contribution in [0.2, 0.25) is 5.02 Å². The molecule has 5 rings (SSSR count). The SMILES string of the molecule is CC(=O)c1c(-c2ccc(Cl)cc2)c2c3n(c(-c4ccccc4)cn13)CCCC2. The lowest BCUT2D eigenvalue weighted by molar-refractivity contribution is 0.101. The molecule has 0 N–H and O–H groups in total. The molecule has 0 saturated heterocycles. The van der Waals surface area contributed by atoms with Crippen LogP contribution in [0.4, 0.5) is 0 Å². The molecule has 2 aromatic heterocycles. The second-order valence-electron chi connectivity index (χ2n) is 7.45. The molecule has 0 saturated carbocycles. The van der Waals surface area contributed by atoms with Gasteiger partial charge in [-0.05, 0) is 42.5 Å². The Hall–Kier alpha value is -2.78. The second-order valence-corrected chi connectivity index (χ2v) is 7.88. The summed E-state index contributed by atoms with van der Waals surface area (Å²) >= 11 is 6.11. The topological polar surface area (TPSA) is 26.4 Å². The molecule has 4 heteroatoms. The Labute approximate surface area is 169 Å². The van der Waals surface area contributed by atoms with Gasteiger partial charge in [0.1, 0.15) is 5.65 Å². The lowest BCUT2D eigenvalue weighted by Crippen LogP contribution is -2.00. The molecular formula is C24H21ClN2O. The minimum absolute atomic E-state index is 0.0866. The Morgan fingerprint density at radius 2 is 1.71 bits per heavy atom. The molecule has 2 aromatic carbocycles. The normalized spacial score (nSPS) is 13.6. The molecule has 0 spiro atoms. The van der Waals surface area contributed by atoms with Crippen molar-refractivity contribution in [3.05, 3.63) is 77.1 Å². The maximum atomic E-state index is 12.8. The lowest BCUT2D eigenvalue weighted by Gasteiger charge is -2.09. The van der Waals surface area contributed by atoms with Gasteiger partial charge in [0.2, 0.25) is 0 Å². The number of carbonyl (C=O) groups excluding carboxylic acids is 1. The van der Waals surface area contributed by atoms with E-state index in [-0.39, 0.29) is 5.78 Å². The van der Waals surface area contributed by atoms with Crippen molar-refractivity contribution in [1.82, 2.24) is 8.97 Å². The zero-order chi connectivity index (χ0) is 19.3. The first kappa shape index (κ1) is 17.3. The number of aromatic nitrogens is 2. The van der Waals surface area contributed by atoms with Gasteiger partial charge in [-0.1, -0.05) is 54.1 Å². The molecular weight excluding hydrogens is 368 g/mol. The molecule has 0 atom stereocenters. The predicted octanol–water partition coefficient (Wildman–Crippen LogP) is 6.27. The summed E-state index contributed by atoms with van der Waals surface area (Å²) in [4.78, 5) is 12.8. The Morgan fingerprint density at radius 1 is 0.964 bits per heavy atom. The number of hydrogen-bond donors (Lipinski definition) is 0. The average molecular weight is 389 g/mol. The molecule has 0 unspecified atom stereocenters. The third-order valence-corrected chi connectivity index (χ3v) is 5.92. The zero-order valence-electron chi connectivity index (χ0n) is 15.8. The Kier molecular flexibility index (Phi) is 4.13. The molecule has 1 aliphatic rings. The molecule has 0 amide bonds. The molecule has 0 bridgehead atoms. The first-order valence-electron chi connectivity index (χ1n) is 9.74. The molecule has 3 heterocycles. The van der Waals surface area contributed by atoms with Gasteiger partial charge in [-0.2, -0.15) is 0 Å². The van der Waals surface area contributed by atoms with Gasteiger partial charge < -0.3 is 4.57 Å². The summed E-state index contributed by atoms with van der Waals surface area (Å²) in [5.41, 5.74) is 7.67. The van der Waals surface area contributed by atoms with Gasteiger partial charge in [-0.25, -0.2) is 0 Å². The number of imidazole rings is 1. The van der Waals surface area contributed by atoms with Gasteiger partial charge in [0.05, 0.1) is 11.4 Å². The van der Waals surface area contributed by atoms with E-state index in [4.69, 9.17) is 11.6 Å². The van der Waals surface area contributed by atoms with Crippen molar-refractivity contribution in [1.29, 1.82) is 0 Å². The quantitative estimate of drug-likeness (QED) is 0.380. The van der Waals surface area contributed by atoms with E-state index in [1.165, 1.54) is 16.8 Å². The van der Waals surface area contributed by atoms with Crippen molar-refractivity contribution in [3.8, 4) is 22.4 Å². The van der Waals surface area contributed by atoms with Crippen LogP contribution in [0.3, 0.4) is 0 Å².